The van der Waals surface area contributed by atoms with Crippen LogP contribution in [0.1, 0.15) is 12.5 Å². The van der Waals surface area contributed by atoms with E-state index in [1.807, 2.05) is 0 Å². The fraction of sp³-hybridized carbons (Fsp3) is 0.115. The molecule has 5 N–H and O–H groups in total. The van der Waals surface area contributed by atoms with Crippen LogP contribution in [0.15, 0.2) is 78.5 Å². The maximum absolute atomic E-state index is 13.3. The summed E-state index contributed by atoms with van der Waals surface area (Å²) >= 11 is 18.2. The number of anilines is 5. The second kappa shape index (κ2) is 14.0. The van der Waals surface area contributed by atoms with Crippen LogP contribution >= 0.6 is 34.8 Å². The zero-order chi connectivity index (χ0) is 37.6. The second-order valence-electron chi connectivity index (χ2n) is 10.3. The number of halogens is 3. The molecule has 2 heterocycles. The molecule has 0 saturated heterocycles. The van der Waals surface area contributed by atoms with Gasteiger partial charge in [-0.25, -0.2) is 0 Å². The average Bonchev–Trinajstić information content (AvgIpc) is 3.28. The maximum atomic E-state index is 13.3. The molecule has 1 aliphatic heterocycles. The first-order valence-electron chi connectivity index (χ1n) is 13.5. The Hall–Kier alpha value is -4.39. The third kappa shape index (κ3) is 8.57. The lowest BCUT2D eigenvalue weighted by molar-refractivity contribution is -0.117. The van der Waals surface area contributed by atoms with Gasteiger partial charge in [-0.05, 0) is 79.5 Å². The number of carbonyl (C=O) groups is 1. The second-order valence-corrected chi connectivity index (χ2v) is 15.7. The van der Waals surface area contributed by atoms with Gasteiger partial charge in [-0.15, -0.1) is 0 Å². The summed E-state index contributed by atoms with van der Waals surface area (Å²) in [6.45, 7) is 2.95. The van der Waals surface area contributed by atoms with Crippen molar-refractivity contribution in [3.05, 3.63) is 69.4 Å². The van der Waals surface area contributed by atoms with Crippen LogP contribution in [0.25, 0.3) is 0 Å². The number of carbonyl (C=O) groups excluding carboxylic acids is 1. The molecule has 25 heteroatoms. The van der Waals surface area contributed by atoms with Gasteiger partial charge in [-0.3, -0.25) is 18.5 Å². The Balaban J connectivity index is 1.42. The SMILES string of the molecule is CC1=NN(c2cc(Cl)c(S(=O)(=O)O)cc2Cl)C(=O)C1N=Nc1cc(Nc2nc(Cl)nc(Nc3ccc(S(=O)(=O)O)cc3C)n2)ccc1S(=O)(=O)O. The molecule has 0 bridgehead atoms. The molecule has 0 fully saturated rings. The van der Waals surface area contributed by atoms with Crippen LogP contribution < -0.4 is 15.6 Å². The highest BCUT2D eigenvalue weighted by Crippen LogP contribution is 2.37. The quantitative estimate of drug-likeness (QED) is 0.101. The van der Waals surface area contributed by atoms with E-state index in [9.17, 15) is 43.7 Å². The Bertz CT molecular complexity index is 2520. The molecule has 1 atom stereocenters. The average molecular weight is 821 g/mol. The van der Waals surface area contributed by atoms with Crippen molar-refractivity contribution in [1.29, 1.82) is 0 Å². The van der Waals surface area contributed by atoms with Gasteiger partial charge in [-0.1, -0.05) is 23.2 Å². The van der Waals surface area contributed by atoms with Crippen LogP contribution in [0, 0.1) is 6.92 Å². The Labute approximate surface area is 303 Å². The number of aromatic nitrogens is 3. The summed E-state index contributed by atoms with van der Waals surface area (Å²) in [5.74, 6) is -1.10. The normalized spacial score (nSPS) is 15.4. The first kappa shape index (κ1) is 37.9. The summed E-state index contributed by atoms with van der Waals surface area (Å²) in [6.07, 6.45) is 0. The van der Waals surface area contributed by atoms with Gasteiger partial charge in [0.1, 0.15) is 15.5 Å². The van der Waals surface area contributed by atoms with Crippen molar-refractivity contribution < 1.29 is 43.7 Å². The summed E-state index contributed by atoms with van der Waals surface area (Å²) in [5.41, 5.74) is 0.320. The van der Waals surface area contributed by atoms with Gasteiger partial charge in [0, 0.05) is 11.4 Å². The predicted molar refractivity (Wildman–Crippen MR) is 184 cm³/mol. The number of nitrogens with zero attached hydrogens (tertiary/aromatic N) is 7. The number of benzene rings is 3. The van der Waals surface area contributed by atoms with E-state index in [0.29, 0.717) is 11.3 Å². The number of amides is 1. The molecule has 268 valence electrons. The van der Waals surface area contributed by atoms with Gasteiger partial charge in [0.2, 0.25) is 17.2 Å². The highest BCUT2D eigenvalue weighted by Gasteiger charge is 2.36. The Morgan fingerprint density at radius 2 is 1.41 bits per heavy atom. The zero-order valence-corrected chi connectivity index (χ0v) is 30.1. The molecule has 4 aromatic rings. The molecule has 19 nitrogen and oxygen atoms in total. The molecule has 0 radical (unpaired) electrons. The first-order valence-corrected chi connectivity index (χ1v) is 19.0. The van der Waals surface area contributed by atoms with E-state index in [4.69, 9.17) is 34.8 Å². The number of hydrazone groups is 1. The number of azo groups is 1. The fourth-order valence-corrected chi connectivity index (χ4v) is 7.06. The Morgan fingerprint density at radius 1 is 0.765 bits per heavy atom. The molecule has 0 spiro atoms. The van der Waals surface area contributed by atoms with Crippen LogP contribution in [-0.4, -0.2) is 71.5 Å². The molecule has 1 unspecified atom stereocenters. The summed E-state index contributed by atoms with van der Waals surface area (Å²) in [7, 11) is -14.1. The van der Waals surface area contributed by atoms with E-state index >= 15 is 0 Å². The van der Waals surface area contributed by atoms with Gasteiger partial charge in [-0.2, -0.15) is 60.5 Å². The fourth-order valence-electron chi connectivity index (χ4n) is 4.40. The van der Waals surface area contributed by atoms with E-state index in [1.165, 1.54) is 25.1 Å². The molecule has 1 aromatic heterocycles. The number of hydrogen-bond donors (Lipinski definition) is 5. The van der Waals surface area contributed by atoms with E-state index < -0.39 is 62.8 Å². The van der Waals surface area contributed by atoms with Crippen molar-refractivity contribution >= 4 is 111 Å². The zero-order valence-electron chi connectivity index (χ0n) is 25.4. The number of nitrogens with one attached hydrogen (secondary N) is 2. The third-order valence-corrected chi connectivity index (χ3v) is 10.3. The lowest BCUT2D eigenvalue weighted by atomic mass is 10.2. The van der Waals surface area contributed by atoms with Crippen molar-refractivity contribution in [3.63, 3.8) is 0 Å². The molecule has 51 heavy (non-hydrogen) atoms. The van der Waals surface area contributed by atoms with Crippen LogP contribution in [0.2, 0.25) is 15.3 Å². The van der Waals surface area contributed by atoms with Crippen molar-refractivity contribution in [2.24, 2.45) is 15.3 Å². The van der Waals surface area contributed by atoms with E-state index in [-0.39, 0.29) is 44.2 Å². The van der Waals surface area contributed by atoms with E-state index in [1.54, 1.807) is 6.92 Å². The topological polar surface area (TPSA) is 283 Å². The molecule has 1 amide bonds. The van der Waals surface area contributed by atoms with Gasteiger partial charge >= 0.3 is 0 Å². The smallest absolute Gasteiger partial charge is 0.296 e. The summed E-state index contributed by atoms with van der Waals surface area (Å²) < 4.78 is 98.8. The largest absolute Gasteiger partial charge is 0.324 e. The molecule has 3 aromatic carbocycles. The van der Waals surface area contributed by atoms with E-state index in [2.05, 4.69) is 40.9 Å². The monoisotopic (exact) mass is 819 g/mol. The van der Waals surface area contributed by atoms with Gasteiger partial charge < -0.3 is 10.6 Å². The highest BCUT2D eigenvalue weighted by molar-refractivity contribution is 7.86. The number of hydrogen-bond acceptors (Lipinski definition) is 15. The lowest BCUT2D eigenvalue weighted by Crippen LogP contribution is -2.30. The molecule has 1 aliphatic rings. The van der Waals surface area contributed by atoms with Crippen LogP contribution in [0.3, 0.4) is 0 Å². The van der Waals surface area contributed by atoms with Crippen LogP contribution in [0.4, 0.5) is 34.6 Å². The van der Waals surface area contributed by atoms with Gasteiger partial charge in [0.25, 0.3) is 36.3 Å². The van der Waals surface area contributed by atoms with Crippen molar-refractivity contribution in [3.8, 4) is 0 Å². The molecule has 5 rings (SSSR count). The van der Waals surface area contributed by atoms with Crippen molar-refractivity contribution in [2.45, 2.75) is 34.6 Å². The summed E-state index contributed by atoms with van der Waals surface area (Å²) in [5, 5.41) is 17.2. The van der Waals surface area contributed by atoms with Gasteiger partial charge in [0.15, 0.2) is 6.04 Å². The highest BCUT2D eigenvalue weighted by atomic mass is 35.5. The maximum Gasteiger partial charge on any atom is 0.296 e. The minimum absolute atomic E-state index is 0.0557. The minimum Gasteiger partial charge on any atom is -0.324 e. The Morgan fingerprint density at radius 3 is 2.02 bits per heavy atom. The standard InChI is InChI=1S/C26H20Cl3N9O10S3/c1-11-7-14(49(40,41)42)4-5-17(11)31-26-33-24(29)32-25(34-26)30-13-3-6-20(50(43,44)45)18(8-13)35-36-22-12(2)37-38(23(22)39)19-9-16(28)21(10-15(19)27)51(46,47)48/h3-10,22H,1-2H3,(H,40,41,42)(H,43,44,45)(H,46,47,48)(H2,30,31,32,33,34). The van der Waals surface area contributed by atoms with Crippen molar-refractivity contribution in [1.82, 2.24) is 15.0 Å². The molecular formula is C26H20Cl3N9O10S3. The van der Waals surface area contributed by atoms with Crippen LogP contribution in [0.5, 0.6) is 0 Å². The van der Waals surface area contributed by atoms with Crippen LogP contribution in [-0.2, 0) is 35.1 Å². The summed E-state index contributed by atoms with van der Waals surface area (Å²) in [6, 6.07) is 7.44. The van der Waals surface area contributed by atoms with Crippen molar-refractivity contribution in [2.75, 3.05) is 15.6 Å². The first-order chi connectivity index (χ1) is 23.6. The van der Waals surface area contributed by atoms with E-state index in [0.717, 1.165) is 35.3 Å². The molecule has 0 aliphatic carbocycles. The number of rotatable bonds is 10. The van der Waals surface area contributed by atoms with Gasteiger partial charge in [0.05, 0.1) is 26.3 Å². The summed E-state index contributed by atoms with van der Waals surface area (Å²) in [4.78, 5) is 23.7. The minimum atomic E-state index is -4.88. The lowest BCUT2D eigenvalue weighted by Gasteiger charge is -2.15. The Kier molecular flexibility index (Phi) is 10.4. The number of aryl methyl sites for hydroxylation is 1. The third-order valence-electron chi connectivity index (χ3n) is 6.73. The predicted octanol–water partition coefficient (Wildman–Crippen LogP) is 5.24. The molecule has 0 saturated carbocycles. The molecular weight excluding hydrogens is 801 g/mol.